The first-order valence-electron chi connectivity index (χ1n) is 5.93. The zero-order chi connectivity index (χ0) is 14.1. The Morgan fingerprint density at radius 3 is 2.75 bits per heavy atom. The fourth-order valence-electron chi connectivity index (χ4n) is 2.09. The van der Waals surface area contributed by atoms with Gasteiger partial charge in [0.15, 0.2) is 0 Å². The number of fused-ring (bicyclic) bond motifs is 1. The van der Waals surface area contributed by atoms with Gasteiger partial charge in [-0.2, -0.15) is 0 Å². The SMILES string of the molecule is O=[N+]([O-])c1ccc(-c2cc(CO)nc3ccccc23)o1. The zero-order valence-electron chi connectivity index (χ0n) is 10.3. The van der Waals surface area contributed by atoms with E-state index in [0.717, 1.165) is 5.39 Å². The third-order valence-electron chi connectivity index (χ3n) is 2.97. The van der Waals surface area contributed by atoms with Gasteiger partial charge in [-0.3, -0.25) is 15.1 Å². The lowest BCUT2D eigenvalue weighted by molar-refractivity contribution is -0.401. The summed E-state index contributed by atoms with van der Waals surface area (Å²) in [5.41, 5.74) is 1.86. The molecule has 0 aliphatic rings. The van der Waals surface area contributed by atoms with Crippen molar-refractivity contribution in [3.8, 4) is 11.3 Å². The van der Waals surface area contributed by atoms with Crippen LogP contribution in [0, 0.1) is 10.1 Å². The number of para-hydroxylation sites is 1. The highest BCUT2D eigenvalue weighted by molar-refractivity contribution is 5.93. The average Bonchev–Trinajstić information content (AvgIpc) is 2.96. The average molecular weight is 270 g/mol. The number of furan rings is 1. The number of pyridine rings is 1. The molecule has 2 heterocycles. The number of rotatable bonds is 3. The Morgan fingerprint density at radius 1 is 1.25 bits per heavy atom. The molecule has 3 rings (SSSR count). The van der Waals surface area contributed by atoms with E-state index >= 15 is 0 Å². The monoisotopic (exact) mass is 270 g/mol. The molecule has 0 atom stereocenters. The molecule has 6 heteroatoms. The molecule has 0 saturated carbocycles. The molecule has 3 aromatic rings. The van der Waals surface area contributed by atoms with Crippen LogP contribution in [-0.4, -0.2) is 15.0 Å². The van der Waals surface area contributed by atoms with Crippen LogP contribution in [0.15, 0.2) is 46.9 Å². The minimum atomic E-state index is -0.583. The Balaban J connectivity index is 2.25. The van der Waals surface area contributed by atoms with E-state index in [0.29, 0.717) is 22.5 Å². The maximum Gasteiger partial charge on any atom is 0.433 e. The lowest BCUT2D eigenvalue weighted by atomic mass is 10.1. The summed E-state index contributed by atoms with van der Waals surface area (Å²) in [5, 5.41) is 20.8. The molecule has 1 N–H and O–H groups in total. The first-order valence-corrected chi connectivity index (χ1v) is 5.93. The molecule has 2 aromatic heterocycles. The number of aromatic nitrogens is 1. The van der Waals surface area contributed by atoms with Gasteiger partial charge in [0.2, 0.25) is 0 Å². The van der Waals surface area contributed by atoms with Crippen molar-refractivity contribution >= 4 is 16.8 Å². The normalized spacial score (nSPS) is 10.8. The van der Waals surface area contributed by atoms with Crippen molar-refractivity contribution < 1.29 is 14.4 Å². The summed E-state index contributed by atoms with van der Waals surface area (Å²) < 4.78 is 5.23. The highest BCUT2D eigenvalue weighted by Crippen LogP contribution is 2.32. The van der Waals surface area contributed by atoms with E-state index in [4.69, 9.17) is 4.42 Å². The summed E-state index contributed by atoms with van der Waals surface area (Å²) in [7, 11) is 0. The van der Waals surface area contributed by atoms with E-state index in [9.17, 15) is 15.2 Å². The molecule has 100 valence electrons. The Kier molecular flexibility index (Phi) is 2.92. The van der Waals surface area contributed by atoms with Gasteiger partial charge in [-0.1, -0.05) is 18.2 Å². The number of nitro groups is 1. The Labute approximate surface area is 113 Å². The maximum absolute atomic E-state index is 10.7. The topological polar surface area (TPSA) is 89.4 Å². The van der Waals surface area contributed by atoms with Crippen LogP contribution in [0.5, 0.6) is 0 Å². The number of hydrogen-bond acceptors (Lipinski definition) is 5. The highest BCUT2D eigenvalue weighted by atomic mass is 16.6. The van der Waals surface area contributed by atoms with Gasteiger partial charge in [0.25, 0.3) is 0 Å². The van der Waals surface area contributed by atoms with Gasteiger partial charge < -0.3 is 9.52 Å². The van der Waals surface area contributed by atoms with Gasteiger partial charge in [-0.05, 0) is 18.2 Å². The summed E-state index contributed by atoms with van der Waals surface area (Å²) >= 11 is 0. The standard InChI is InChI=1S/C14H10N2O4/c17-8-9-7-11(10-3-1-2-4-12(10)15-9)13-5-6-14(20-13)16(18)19/h1-7,17H,8H2. The second-order valence-corrected chi connectivity index (χ2v) is 4.23. The summed E-state index contributed by atoms with van der Waals surface area (Å²) in [5.74, 6) is 0.0661. The van der Waals surface area contributed by atoms with Gasteiger partial charge in [0.1, 0.15) is 10.7 Å². The van der Waals surface area contributed by atoms with Gasteiger partial charge in [0, 0.05) is 10.9 Å². The van der Waals surface area contributed by atoms with E-state index in [2.05, 4.69) is 4.98 Å². The number of benzene rings is 1. The maximum atomic E-state index is 10.7. The third kappa shape index (κ3) is 2.02. The molecule has 0 amide bonds. The molecule has 0 saturated heterocycles. The van der Waals surface area contributed by atoms with Crippen molar-refractivity contribution in [1.82, 2.24) is 4.98 Å². The second-order valence-electron chi connectivity index (χ2n) is 4.23. The van der Waals surface area contributed by atoms with Crippen molar-refractivity contribution in [2.24, 2.45) is 0 Å². The quantitative estimate of drug-likeness (QED) is 0.583. The van der Waals surface area contributed by atoms with Crippen LogP contribution in [0.2, 0.25) is 0 Å². The Bertz CT molecular complexity index is 795. The summed E-state index contributed by atoms with van der Waals surface area (Å²) in [6.45, 7) is -0.208. The van der Waals surface area contributed by atoms with E-state index in [1.54, 1.807) is 12.1 Å². The van der Waals surface area contributed by atoms with Gasteiger partial charge >= 0.3 is 5.88 Å². The van der Waals surface area contributed by atoms with E-state index in [-0.39, 0.29) is 12.5 Å². The number of aliphatic hydroxyl groups excluding tert-OH is 1. The van der Waals surface area contributed by atoms with Crippen molar-refractivity contribution in [3.05, 3.63) is 58.3 Å². The molecular weight excluding hydrogens is 260 g/mol. The molecule has 0 aliphatic carbocycles. The van der Waals surface area contributed by atoms with E-state index in [1.165, 1.54) is 6.07 Å². The molecule has 6 nitrogen and oxygen atoms in total. The molecule has 0 aliphatic heterocycles. The van der Waals surface area contributed by atoms with Gasteiger partial charge in [-0.15, -0.1) is 0 Å². The number of aliphatic hydroxyl groups is 1. The smallest absolute Gasteiger partial charge is 0.401 e. The lowest BCUT2D eigenvalue weighted by Gasteiger charge is -2.06. The molecule has 0 spiro atoms. The first-order chi connectivity index (χ1) is 9.69. The highest BCUT2D eigenvalue weighted by Gasteiger charge is 2.16. The van der Waals surface area contributed by atoms with Crippen LogP contribution in [0.3, 0.4) is 0 Å². The number of hydrogen-bond donors (Lipinski definition) is 1. The first kappa shape index (κ1) is 12.3. The van der Waals surface area contributed by atoms with Crippen molar-refractivity contribution in [1.29, 1.82) is 0 Å². The van der Waals surface area contributed by atoms with E-state index in [1.807, 2.05) is 24.3 Å². The van der Waals surface area contributed by atoms with Crippen LogP contribution in [0.25, 0.3) is 22.2 Å². The zero-order valence-corrected chi connectivity index (χ0v) is 10.3. The summed E-state index contributed by atoms with van der Waals surface area (Å²) in [4.78, 5) is 14.4. The second kappa shape index (κ2) is 4.75. The molecule has 0 bridgehead atoms. The van der Waals surface area contributed by atoms with Crippen LogP contribution in [0.1, 0.15) is 5.69 Å². The van der Waals surface area contributed by atoms with Crippen molar-refractivity contribution in [2.45, 2.75) is 6.61 Å². The Morgan fingerprint density at radius 2 is 2.05 bits per heavy atom. The Hall–Kier alpha value is -2.73. The lowest BCUT2D eigenvalue weighted by Crippen LogP contribution is -1.92. The summed E-state index contributed by atoms with van der Waals surface area (Å²) in [6.07, 6.45) is 0. The summed E-state index contributed by atoms with van der Waals surface area (Å²) in [6, 6.07) is 11.9. The molecular formula is C14H10N2O4. The molecule has 0 radical (unpaired) electrons. The largest absolute Gasteiger partial charge is 0.433 e. The molecule has 0 unspecified atom stereocenters. The van der Waals surface area contributed by atoms with Crippen LogP contribution in [-0.2, 0) is 6.61 Å². The fraction of sp³-hybridized carbons (Fsp3) is 0.0714. The van der Waals surface area contributed by atoms with Gasteiger partial charge in [-0.25, -0.2) is 0 Å². The van der Waals surface area contributed by atoms with Crippen LogP contribution < -0.4 is 0 Å². The predicted octanol–water partition coefficient (Wildman–Crippen LogP) is 2.90. The fourth-order valence-corrected chi connectivity index (χ4v) is 2.09. The van der Waals surface area contributed by atoms with Crippen molar-refractivity contribution in [2.75, 3.05) is 0 Å². The van der Waals surface area contributed by atoms with E-state index < -0.39 is 4.92 Å². The molecule has 0 fully saturated rings. The number of nitrogens with zero attached hydrogens (tertiary/aromatic N) is 2. The van der Waals surface area contributed by atoms with Crippen LogP contribution in [0.4, 0.5) is 5.88 Å². The predicted molar refractivity (Wildman–Crippen MR) is 72.0 cm³/mol. The third-order valence-corrected chi connectivity index (χ3v) is 2.97. The minimum Gasteiger partial charge on any atom is -0.401 e. The minimum absolute atomic E-state index is 0.208. The van der Waals surface area contributed by atoms with Crippen molar-refractivity contribution in [3.63, 3.8) is 0 Å². The molecule has 1 aromatic carbocycles. The molecule has 20 heavy (non-hydrogen) atoms. The van der Waals surface area contributed by atoms with Gasteiger partial charge in [0.05, 0.1) is 23.9 Å². The van der Waals surface area contributed by atoms with Crippen LogP contribution >= 0.6 is 0 Å².